The average molecular weight is 214 g/mol. The van der Waals surface area contributed by atoms with Gasteiger partial charge in [-0.05, 0) is 25.8 Å². The quantitative estimate of drug-likeness (QED) is 0.600. The topological polar surface area (TPSA) is 61.4 Å². The zero-order chi connectivity index (χ0) is 11.1. The Morgan fingerprint density at radius 3 is 3.07 bits per heavy atom. The lowest BCUT2D eigenvalue weighted by atomic mass is 10.1. The standard InChI is InChI=1S/C11H22N2O2/c1-2-4-10(14)8-13-11(15)7-9-5-3-6-12-9/h9-10,12,14H,2-8H2,1H3,(H,13,15). The number of rotatable bonds is 6. The highest BCUT2D eigenvalue weighted by Crippen LogP contribution is 2.08. The maximum Gasteiger partial charge on any atom is 0.221 e. The Morgan fingerprint density at radius 2 is 2.47 bits per heavy atom. The normalized spacial score (nSPS) is 22.7. The summed E-state index contributed by atoms with van der Waals surface area (Å²) in [6.07, 6.45) is 4.10. The number of amides is 1. The molecule has 2 unspecified atom stereocenters. The van der Waals surface area contributed by atoms with Crippen LogP contribution in [0.5, 0.6) is 0 Å². The van der Waals surface area contributed by atoms with Gasteiger partial charge in [-0.3, -0.25) is 4.79 Å². The first kappa shape index (κ1) is 12.5. The van der Waals surface area contributed by atoms with Gasteiger partial charge in [0.25, 0.3) is 0 Å². The lowest BCUT2D eigenvalue weighted by molar-refractivity contribution is -0.122. The molecule has 1 heterocycles. The third-order valence-electron chi connectivity index (χ3n) is 2.75. The van der Waals surface area contributed by atoms with Gasteiger partial charge < -0.3 is 15.7 Å². The van der Waals surface area contributed by atoms with Crippen molar-refractivity contribution in [3.05, 3.63) is 0 Å². The zero-order valence-electron chi connectivity index (χ0n) is 9.46. The lowest BCUT2D eigenvalue weighted by Gasteiger charge is -2.13. The predicted octanol–water partition coefficient (Wildman–Crippen LogP) is 0.406. The number of aliphatic hydroxyl groups excluding tert-OH is 1. The molecule has 0 aromatic heterocycles. The summed E-state index contributed by atoms with van der Waals surface area (Å²) in [7, 11) is 0. The van der Waals surface area contributed by atoms with Crippen molar-refractivity contribution in [3.63, 3.8) is 0 Å². The van der Waals surface area contributed by atoms with Crippen LogP contribution >= 0.6 is 0 Å². The predicted molar refractivity (Wildman–Crippen MR) is 59.6 cm³/mol. The summed E-state index contributed by atoms with van der Waals surface area (Å²) in [5, 5.41) is 15.5. The number of hydrogen-bond acceptors (Lipinski definition) is 3. The fourth-order valence-electron chi connectivity index (χ4n) is 1.89. The van der Waals surface area contributed by atoms with Crippen molar-refractivity contribution in [2.75, 3.05) is 13.1 Å². The summed E-state index contributed by atoms with van der Waals surface area (Å²) in [5.74, 6) is 0.0459. The van der Waals surface area contributed by atoms with Crippen LogP contribution in [0.25, 0.3) is 0 Å². The van der Waals surface area contributed by atoms with Gasteiger partial charge in [0.2, 0.25) is 5.91 Å². The number of nitrogens with one attached hydrogen (secondary N) is 2. The van der Waals surface area contributed by atoms with Crippen LogP contribution in [0.15, 0.2) is 0 Å². The molecule has 1 fully saturated rings. The van der Waals surface area contributed by atoms with Crippen molar-refractivity contribution in [1.29, 1.82) is 0 Å². The molecule has 2 atom stereocenters. The maximum atomic E-state index is 11.4. The Balaban J connectivity index is 2.07. The molecule has 0 saturated carbocycles. The summed E-state index contributed by atoms with van der Waals surface area (Å²) < 4.78 is 0. The van der Waals surface area contributed by atoms with Gasteiger partial charge in [-0.2, -0.15) is 0 Å². The average Bonchev–Trinajstić information content (AvgIpc) is 2.68. The highest BCUT2D eigenvalue weighted by molar-refractivity contribution is 5.76. The Kier molecular flexibility index (Phi) is 5.65. The number of aliphatic hydroxyl groups is 1. The summed E-state index contributed by atoms with van der Waals surface area (Å²) >= 11 is 0. The molecule has 1 aliphatic rings. The molecular formula is C11H22N2O2. The van der Waals surface area contributed by atoms with Gasteiger partial charge in [-0.15, -0.1) is 0 Å². The molecule has 1 saturated heterocycles. The molecule has 1 aliphatic heterocycles. The minimum absolute atomic E-state index is 0.0459. The molecule has 1 amide bonds. The molecular weight excluding hydrogens is 192 g/mol. The summed E-state index contributed by atoms with van der Waals surface area (Å²) in [6.45, 7) is 3.43. The van der Waals surface area contributed by atoms with Gasteiger partial charge in [-0.1, -0.05) is 13.3 Å². The smallest absolute Gasteiger partial charge is 0.221 e. The first-order chi connectivity index (χ1) is 7.22. The van der Waals surface area contributed by atoms with E-state index in [1.807, 2.05) is 6.92 Å². The number of carbonyl (C=O) groups excluding carboxylic acids is 1. The van der Waals surface area contributed by atoms with E-state index in [-0.39, 0.29) is 5.91 Å². The summed E-state index contributed by atoms with van der Waals surface area (Å²) in [5.41, 5.74) is 0. The van der Waals surface area contributed by atoms with E-state index in [1.165, 1.54) is 0 Å². The van der Waals surface area contributed by atoms with E-state index in [9.17, 15) is 9.90 Å². The molecule has 0 aromatic rings. The summed E-state index contributed by atoms with van der Waals surface area (Å²) in [4.78, 5) is 11.4. The van der Waals surface area contributed by atoms with E-state index in [0.29, 0.717) is 19.0 Å². The van der Waals surface area contributed by atoms with Crippen LogP contribution in [-0.4, -0.2) is 36.2 Å². The Labute approximate surface area is 91.4 Å². The van der Waals surface area contributed by atoms with Crippen LogP contribution in [0.4, 0.5) is 0 Å². The van der Waals surface area contributed by atoms with Crippen LogP contribution in [0.2, 0.25) is 0 Å². The molecule has 0 aliphatic carbocycles. The van der Waals surface area contributed by atoms with Crippen molar-refractivity contribution in [2.24, 2.45) is 0 Å². The molecule has 3 N–H and O–H groups in total. The van der Waals surface area contributed by atoms with E-state index in [0.717, 1.165) is 32.2 Å². The van der Waals surface area contributed by atoms with E-state index in [2.05, 4.69) is 10.6 Å². The van der Waals surface area contributed by atoms with Gasteiger partial charge in [0, 0.05) is 19.0 Å². The van der Waals surface area contributed by atoms with Crippen molar-refractivity contribution in [1.82, 2.24) is 10.6 Å². The van der Waals surface area contributed by atoms with E-state index in [4.69, 9.17) is 0 Å². The monoisotopic (exact) mass is 214 g/mol. The largest absolute Gasteiger partial charge is 0.391 e. The Morgan fingerprint density at radius 1 is 1.67 bits per heavy atom. The molecule has 0 radical (unpaired) electrons. The Hall–Kier alpha value is -0.610. The van der Waals surface area contributed by atoms with Crippen LogP contribution in [0.3, 0.4) is 0 Å². The second-order valence-corrected chi connectivity index (χ2v) is 4.24. The van der Waals surface area contributed by atoms with Crippen molar-refractivity contribution in [3.8, 4) is 0 Å². The number of hydrogen-bond donors (Lipinski definition) is 3. The van der Waals surface area contributed by atoms with Crippen molar-refractivity contribution >= 4 is 5.91 Å². The van der Waals surface area contributed by atoms with E-state index < -0.39 is 6.10 Å². The minimum atomic E-state index is -0.393. The van der Waals surface area contributed by atoms with Gasteiger partial charge in [0.1, 0.15) is 0 Å². The minimum Gasteiger partial charge on any atom is -0.391 e. The third-order valence-corrected chi connectivity index (χ3v) is 2.75. The van der Waals surface area contributed by atoms with Gasteiger partial charge in [0.15, 0.2) is 0 Å². The summed E-state index contributed by atoms with van der Waals surface area (Å²) in [6, 6.07) is 0.341. The second-order valence-electron chi connectivity index (χ2n) is 4.24. The van der Waals surface area contributed by atoms with Crippen molar-refractivity contribution in [2.45, 2.75) is 51.2 Å². The first-order valence-corrected chi connectivity index (χ1v) is 5.90. The van der Waals surface area contributed by atoms with Crippen LogP contribution in [0.1, 0.15) is 39.0 Å². The van der Waals surface area contributed by atoms with Crippen LogP contribution < -0.4 is 10.6 Å². The molecule has 0 spiro atoms. The third kappa shape index (κ3) is 5.14. The van der Waals surface area contributed by atoms with E-state index in [1.54, 1.807) is 0 Å². The highest BCUT2D eigenvalue weighted by atomic mass is 16.3. The fourth-order valence-corrected chi connectivity index (χ4v) is 1.89. The first-order valence-electron chi connectivity index (χ1n) is 5.90. The SMILES string of the molecule is CCCC(O)CNC(=O)CC1CCCN1. The molecule has 15 heavy (non-hydrogen) atoms. The second kappa shape index (κ2) is 6.80. The van der Waals surface area contributed by atoms with Crippen molar-refractivity contribution < 1.29 is 9.90 Å². The zero-order valence-corrected chi connectivity index (χ0v) is 9.46. The molecule has 88 valence electrons. The molecule has 4 heteroatoms. The Bertz CT molecular complexity index is 191. The van der Waals surface area contributed by atoms with Gasteiger partial charge in [0.05, 0.1) is 6.10 Å². The highest BCUT2D eigenvalue weighted by Gasteiger charge is 2.17. The fraction of sp³-hybridized carbons (Fsp3) is 0.909. The van der Waals surface area contributed by atoms with Crippen LogP contribution in [-0.2, 0) is 4.79 Å². The maximum absolute atomic E-state index is 11.4. The van der Waals surface area contributed by atoms with Crippen LogP contribution in [0, 0.1) is 0 Å². The molecule has 4 nitrogen and oxygen atoms in total. The molecule has 0 aromatic carbocycles. The molecule has 1 rings (SSSR count). The van der Waals surface area contributed by atoms with Gasteiger partial charge >= 0.3 is 0 Å². The van der Waals surface area contributed by atoms with Gasteiger partial charge in [-0.25, -0.2) is 0 Å². The molecule has 0 bridgehead atoms. The lowest BCUT2D eigenvalue weighted by Crippen LogP contribution is -2.36. The number of carbonyl (C=O) groups is 1. The van der Waals surface area contributed by atoms with E-state index >= 15 is 0 Å².